The fourth-order valence-electron chi connectivity index (χ4n) is 3.55. The molecule has 28 heavy (non-hydrogen) atoms. The number of likely N-dealkylation sites (tertiary alicyclic amines) is 1. The number of nitrogens with one attached hydrogen (secondary N) is 1. The molecule has 1 atom stereocenters. The minimum atomic E-state index is -0.373. The van der Waals surface area contributed by atoms with E-state index in [-0.39, 0.29) is 24.4 Å². The summed E-state index contributed by atoms with van der Waals surface area (Å²) in [4.78, 5) is 20.3. The fourth-order valence-corrected chi connectivity index (χ4v) is 5.05. The number of piperidine rings is 1. The summed E-state index contributed by atoms with van der Waals surface area (Å²) >= 11 is 3.39. The number of rotatable bonds is 4. The molecule has 1 aliphatic heterocycles. The predicted octanol–water partition coefficient (Wildman–Crippen LogP) is 4.77. The molecular formula is C20H19FIN3O2S. The van der Waals surface area contributed by atoms with E-state index in [1.54, 1.807) is 23.2 Å². The standard InChI is InChI=1S/C20H19FIN3O2S/c21-15-10-12(22)6-7-16(15)24-19-17(14-5-3-8-23-18(14)28-19)20(27)25-9-2-1-4-13(25)11-26/h3,5-8,10,13,24,26H,1-2,4,9,11H2. The van der Waals surface area contributed by atoms with Gasteiger partial charge in [0.05, 0.1) is 23.9 Å². The molecule has 1 saturated heterocycles. The molecule has 3 aromatic rings. The zero-order valence-corrected chi connectivity index (χ0v) is 18.0. The minimum Gasteiger partial charge on any atom is -0.394 e. The largest absolute Gasteiger partial charge is 0.394 e. The summed E-state index contributed by atoms with van der Waals surface area (Å²) in [6.45, 7) is 0.555. The van der Waals surface area contributed by atoms with E-state index in [0.29, 0.717) is 22.8 Å². The van der Waals surface area contributed by atoms with Crippen molar-refractivity contribution in [3.63, 3.8) is 0 Å². The van der Waals surface area contributed by atoms with Crippen molar-refractivity contribution < 1.29 is 14.3 Å². The highest BCUT2D eigenvalue weighted by molar-refractivity contribution is 14.1. The van der Waals surface area contributed by atoms with E-state index in [1.807, 2.05) is 12.1 Å². The van der Waals surface area contributed by atoms with Crippen LogP contribution in [0, 0.1) is 9.39 Å². The van der Waals surface area contributed by atoms with Crippen LogP contribution in [0.3, 0.4) is 0 Å². The molecule has 1 aromatic carbocycles. The topological polar surface area (TPSA) is 65.5 Å². The zero-order chi connectivity index (χ0) is 19.7. The van der Waals surface area contributed by atoms with E-state index in [0.717, 1.165) is 33.0 Å². The van der Waals surface area contributed by atoms with Crippen LogP contribution in [0.25, 0.3) is 10.2 Å². The highest BCUT2D eigenvalue weighted by atomic mass is 127. The van der Waals surface area contributed by atoms with Gasteiger partial charge in [-0.2, -0.15) is 0 Å². The van der Waals surface area contributed by atoms with Crippen molar-refractivity contribution in [1.82, 2.24) is 9.88 Å². The van der Waals surface area contributed by atoms with Crippen LogP contribution in [0.1, 0.15) is 29.6 Å². The van der Waals surface area contributed by atoms with Gasteiger partial charge in [-0.15, -0.1) is 0 Å². The van der Waals surface area contributed by atoms with E-state index in [2.05, 4.69) is 32.9 Å². The molecule has 1 amide bonds. The highest BCUT2D eigenvalue weighted by Gasteiger charge is 2.31. The van der Waals surface area contributed by atoms with Crippen molar-refractivity contribution in [1.29, 1.82) is 0 Å². The Balaban J connectivity index is 1.78. The summed E-state index contributed by atoms with van der Waals surface area (Å²) in [7, 11) is 0. The monoisotopic (exact) mass is 511 g/mol. The van der Waals surface area contributed by atoms with Gasteiger partial charge in [-0.05, 0) is 72.2 Å². The van der Waals surface area contributed by atoms with Crippen LogP contribution in [0.5, 0.6) is 0 Å². The zero-order valence-electron chi connectivity index (χ0n) is 15.0. The molecule has 3 heterocycles. The van der Waals surface area contributed by atoms with E-state index in [4.69, 9.17) is 0 Å². The summed E-state index contributed by atoms with van der Waals surface area (Å²) in [5, 5.41) is 14.1. The van der Waals surface area contributed by atoms with Crippen molar-refractivity contribution in [2.24, 2.45) is 0 Å². The highest BCUT2D eigenvalue weighted by Crippen LogP contribution is 2.38. The Kier molecular flexibility index (Phi) is 5.79. The number of hydrogen-bond donors (Lipinski definition) is 2. The maximum Gasteiger partial charge on any atom is 0.257 e. The normalized spacial score (nSPS) is 17.1. The summed E-state index contributed by atoms with van der Waals surface area (Å²) in [6.07, 6.45) is 4.38. The van der Waals surface area contributed by atoms with Gasteiger partial charge in [0.1, 0.15) is 15.6 Å². The summed E-state index contributed by atoms with van der Waals surface area (Å²) in [6, 6.07) is 8.39. The number of fused-ring (bicyclic) bond motifs is 1. The molecule has 1 aliphatic rings. The Bertz CT molecular complexity index is 1030. The molecule has 0 spiro atoms. The van der Waals surface area contributed by atoms with Crippen molar-refractivity contribution >= 4 is 60.7 Å². The number of benzene rings is 1. The van der Waals surface area contributed by atoms with Gasteiger partial charge in [0, 0.05) is 21.7 Å². The van der Waals surface area contributed by atoms with Crippen molar-refractivity contribution in [2.45, 2.75) is 25.3 Å². The first-order valence-corrected chi connectivity index (χ1v) is 11.0. The Morgan fingerprint density at radius 3 is 3.04 bits per heavy atom. The van der Waals surface area contributed by atoms with Crippen LogP contribution in [0.2, 0.25) is 0 Å². The van der Waals surface area contributed by atoms with Crippen LogP contribution in [-0.4, -0.2) is 40.1 Å². The summed E-state index contributed by atoms with van der Waals surface area (Å²) in [5.41, 5.74) is 0.810. The minimum absolute atomic E-state index is 0.0550. The number of amides is 1. The molecule has 0 bridgehead atoms. The molecule has 5 nitrogen and oxygen atoms in total. The van der Waals surface area contributed by atoms with Crippen molar-refractivity contribution in [2.75, 3.05) is 18.5 Å². The van der Waals surface area contributed by atoms with Gasteiger partial charge in [0.2, 0.25) is 0 Å². The van der Waals surface area contributed by atoms with E-state index in [9.17, 15) is 14.3 Å². The third-order valence-corrected chi connectivity index (χ3v) is 6.66. The number of carbonyl (C=O) groups is 1. The summed E-state index contributed by atoms with van der Waals surface area (Å²) < 4.78 is 15.2. The number of aliphatic hydroxyl groups excluding tert-OH is 1. The third-order valence-electron chi connectivity index (χ3n) is 4.96. The second-order valence-corrected chi connectivity index (χ2v) is 8.99. The fraction of sp³-hybridized carbons (Fsp3) is 0.300. The third kappa shape index (κ3) is 3.72. The van der Waals surface area contributed by atoms with Gasteiger partial charge >= 0.3 is 0 Å². The smallest absolute Gasteiger partial charge is 0.257 e. The van der Waals surface area contributed by atoms with E-state index in [1.165, 1.54) is 17.4 Å². The Hall–Kier alpha value is -1.78. The van der Waals surface area contributed by atoms with Crippen LogP contribution in [0.4, 0.5) is 15.1 Å². The lowest BCUT2D eigenvalue weighted by atomic mass is 10.0. The quantitative estimate of drug-likeness (QED) is 0.496. The van der Waals surface area contributed by atoms with Gasteiger partial charge < -0.3 is 15.3 Å². The van der Waals surface area contributed by atoms with E-state index >= 15 is 0 Å². The molecule has 8 heteroatoms. The van der Waals surface area contributed by atoms with Crippen LogP contribution >= 0.6 is 33.9 Å². The number of hydrogen-bond acceptors (Lipinski definition) is 5. The first-order chi connectivity index (χ1) is 13.6. The molecule has 4 rings (SSSR count). The number of nitrogens with zero attached hydrogens (tertiary/aromatic N) is 2. The maximum atomic E-state index is 14.4. The predicted molar refractivity (Wildman–Crippen MR) is 118 cm³/mol. The second kappa shape index (κ2) is 8.30. The molecule has 2 N–H and O–H groups in total. The number of aliphatic hydroxyl groups is 1. The molecule has 0 saturated carbocycles. The van der Waals surface area contributed by atoms with Crippen LogP contribution in [0.15, 0.2) is 36.5 Å². The molecule has 146 valence electrons. The number of pyridine rings is 1. The number of aromatic nitrogens is 1. The van der Waals surface area contributed by atoms with Crippen molar-refractivity contribution in [3.05, 3.63) is 51.5 Å². The molecule has 1 unspecified atom stereocenters. The molecule has 0 radical (unpaired) electrons. The first kappa shape index (κ1) is 19.5. The Morgan fingerprint density at radius 1 is 1.39 bits per heavy atom. The number of anilines is 2. The summed E-state index contributed by atoms with van der Waals surface area (Å²) in [5.74, 6) is -0.520. The lowest BCUT2D eigenvalue weighted by Crippen LogP contribution is -2.45. The number of carbonyl (C=O) groups excluding carboxylic acids is 1. The van der Waals surface area contributed by atoms with Gasteiger partial charge in [0.25, 0.3) is 5.91 Å². The Labute approximate surface area is 179 Å². The molecule has 2 aromatic heterocycles. The van der Waals surface area contributed by atoms with Crippen molar-refractivity contribution in [3.8, 4) is 0 Å². The lowest BCUT2D eigenvalue weighted by molar-refractivity contribution is 0.0506. The number of halogens is 2. The molecular weight excluding hydrogens is 492 g/mol. The maximum absolute atomic E-state index is 14.4. The molecule has 1 fully saturated rings. The lowest BCUT2D eigenvalue weighted by Gasteiger charge is -2.34. The van der Waals surface area contributed by atoms with Gasteiger partial charge in [-0.25, -0.2) is 9.37 Å². The first-order valence-electron chi connectivity index (χ1n) is 9.10. The second-order valence-electron chi connectivity index (χ2n) is 6.74. The average molecular weight is 511 g/mol. The Morgan fingerprint density at radius 2 is 2.25 bits per heavy atom. The van der Waals surface area contributed by atoms with Gasteiger partial charge in [-0.1, -0.05) is 11.3 Å². The van der Waals surface area contributed by atoms with Crippen LogP contribution in [-0.2, 0) is 0 Å². The average Bonchev–Trinajstić information content (AvgIpc) is 3.07. The van der Waals surface area contributed by atoms with Gasteiger partial charge in [0.15, 0.2) is 0 Å². The number of thiophene rings is 1. The van der Waals surface area contributed by atoms with Crippen LogP contribution < -0.4 is 5.32 Å². The van der Waals surface area contributed by atoms with Gasteiger partial charge in [-0.3, -0.25) is 4.79 Å². The SMILES string of the molecule is O=C(c1c(Nc2ccc(I)cc2F)sc2ncccc12)N1CCCCC1CO. The molecule has 0 aliphatic carbocycles. The van der Waals surface area contributed by atoms with E-state index < -0.39 is 0 Å².